The molecule has 0 saturated heterocycles. The van der Waals surface area contributed by atoms with Gasteiger partial charge in [-0.05, 0) is 18.6 Å². The van der Waals surface area contributed by atoms with Gasteiger partial charge in [0.25, 0.3) is 0 Å². The molecule has 0 spiro atoms. The fourth-order valence-corrected chi connectivity index (χ4v) is 1.92. The number of rotatable bonds is 5. The SMILES string of the molecule is COCc1cc(C)nc(NN=Cc2ccccc2)c1C#N. The number of aryl methyl sites for hydroxylation is 1. The average molecular weight is 280 g/mol. The Labute approximate surface area is 123 Å². The number of hydrazone groups is 1. The van der Waals surface area contributed by atoms with E-state index >= 15 is 0 Å². The first-order valence-corrected chi connectivity index (χ1v) is 6.48. The van der Waals surface area contributed by atoms with Crippen LogP contribution in [0.4, 0.5) is 5.82 Å². The lowest BCUT2D eigenvalue weighted by Crippen LogP contribution is -2.03. The first kappa shape index (κ1) is 14.7. The second-order valence-corrected chi connectivity index (χ2v) is 4.47. The zero-order valence-corrected chi connectivity index (χ0v) is 12.0. The topological polar surface area (TPSA) is 70.3 Å². The van der Waals surface area contributed by atoms with Gasteiger partial charge in [-0.2, -0.15) is 10.4 Å². The van der Waals surface area contributed by atoms with Gasteiger partial charge in [-0.1, -0.05) is 30.3 Å². The van der Waals surface area contributed by atoms with Crippen LogP contribution in [0.2, 0.25) is 0 Å². The van der Waals surface area contributed by atoms with E-state index in [9.17, 15) is 5.26 Å². The zero-order chi connectivity index (χ0) is 15.1. The van der Waals surface area contributed by atoms with E-state index in [1.165, 1.54) is 0 Å². The third-order valence-electron chi connectivity index (χ3n) is 2.82. The number of anilines is 1. The summed E-state index contributed by atoms with van der Waals surface area (Å²) in [6, 6.07) is 13.7. The van der Waals surface area contributed by atoms with E-state index in [0.717, 1.165) is 16.8 Å². The molecule has 1 N–H and O–H groups in total. The smallest absolute Gasteiger partial charge is 0.164 e. The van der Waals surface area contributed by atoms with Crippen molar-refractivity contribution in [3.63, 3.8) is 0 Å². The van der Waals surface area contributed by atoms with Crippen molar-refractivity contribution >= 4 is 12.0 Å². The van der Waals surface area contributed by atoms with E-state index in [0.29, 0.717) is 18.0 Å². The van der Waals surface area contributed by atoms with Crippen LogP contribution in [-0.2, 0) is 11.3 Å². The van der Waals surface area contributed by atoms with E-state index in [4.69, 9.17) is 4.74 Å². The standard InChI is InChI=1S/C16H16N4O/c1-12-8-14(11-21-2)15(9-17)16(19-12)20-18-10-13-6-4-3-5-7-13/h3-8,10H,11H2,1-2H3,(H,19,20). The number of aromatic nitrogens is 1. The second kappa shape index (κ2) is 7.17. The minimum atomic E-state index is 0.364. The molecule has 0 saturated carbocycles. The first-order chi connectivity index (χ1) is 10.2. The number of methoxy groups -OCH3 is 1. The molecule has 0 aliphatic carbocycles. The molecule has 1 aromatic carbocycles. The van der Waals surface area contributed by atoms with Crippen molar-refractivity contribution in [2.45, 2.75) is 13.5 Å². The Morgan fingerprint density at radius 1 is 1.38 bits per heavy atom. The number of nitrogens with zero attached hydrogens (tertiary/aromatic N) is 3. The second-order valence-electron chi connectivity index (χ2n) is 4.47. The largest absolute Gasteiger partial charge is 0.380 e. The number of hydrogen-bond donors (Lipinski definition) is 1. The van der Waals surface area contributed by atoms with Gasteiger partial charge in [0.2, 0.25) is 0 Å². The van der Waals surface area contributed by atoms with Gasteiger partial charge in [0.1, 0.15) is 11.6 Å². The Bertz CT molecular complexity index is 675. The van der Waals surface area contributed by atoms with Crippen LogP contribution in [0, 0.1) is 18.3 Å². The summed E-state index contributed by atoms with van der Waals surface area (Å²) in [5.41, 5.74) is 5.85. The fraction of sp³-hybridized carbons (Fsp3) is 0.188. The van der Waals surface area contributed by atoms with Gasteiger partial charge >= 0.3 is 0 Å². The van der Waals surface area contributed by atoms with E-state index in [2.05, 4.69) is 21.6 Å². The highest BCUT2D eigenvalue weighted by Crippen LogP contribution is 2.19. The fourth-order valence-electron chi connectivity index (χ4n) is 1.92. The lowest BCUT2D eigenvalue weighted by molar-refractivity contribution is 0.184. The van der Waals surface area contributed by atoms with Gasteiger partial charge < -0.3 is 4.74 Å². The average Bonchev–Trinajstić information content (AvgIpc) is 2.48. The van der Waals surface area contributed by atoms with Crippen LogP contribution < -0.4 is 5.43 Å². The molecule has 5 heteroatoms. The number of ether oxygens (including phenoxy) is 1. The molecule has 0 amide bonds. The summed E-state index contributed by atoms with van der Waals surface area (Å²) in [6.45, 7) is 2.23. The van der Waals surface area contributed by atoms with Crippen LogP contribution in [0.25, 0.3) is 0 Å². The molecular weight excluding hydrogens is 264 g/mol. The van der Waals surface area contributed by atoms with E-state index in [1.807, 2.05) is 43.3 Å². The molecule has 1 heterocycles. The molecule has 0 unspecified atom stereocenters. The van der Waals surface area contributed by atoms with Gasteiger partial charge in [-0.25, -0.2) is 4.98 Å². The molecule has 0 bridgehead atoms. The Balaban J connectivity index is 2.23. The van der Waals surface area contributed by atoms with Crippen LogP contribution in [0.15, 0.2) is 41.5 Å². The van der Waals surface area contributed by atoms with Crippen LogP contribution in [0.3, 0.4) is 0 Å². The van der Waals surface area contributed by atoms with Crippen molar-refractivity contribution in [1.29, 1.82) is 5.26 Å². The van der Waals surface area contributed by atoms with Crippen molar-refractivity contribution in [3.05, 3.63) is 58.8 Å². The van der Waals surface area contributed by atoms with Crippen molar-refractivity contribution in [2.75, 3.05) is 12.5 Å². The van der Waals surface area contributed by atoms with E-state index < -0.39 is 0 Å². The molecule has 0 aliphatic rings. The molecule has 106 valence electrons. The number of hydrogen-bond acceptors (Lipinski definition) is 5. The summed E-state index contributed by atoms with van der Waals surface area (Å²) in [6.07, 6.45) is 1.68. The van der Waals surface area contributed by atoms with Gasteiger partial charge in [-0.3, -0.25) is 5.43 Å². The lowest BCUT2D eigenvalue weighted by atomic mass is 10.1. The Kier molecular flexibility index (Phi) is 5.02. The third-order valence-corrected chi connectivity index (χ3v) is 2.82. The molecule has 2 rings (SSSR count). The molecule has 5 nitrogen and oxygen atoms in total. The highest BCUT2D eigenvalue weighted by atomic mass is 16.5. The predicted molar refractivity (Wildman–Crippen MR) is 82.1 cm³/mol. The Hall–Kier alpha value is -2.71. The normalized spacial score (nSPS) is 10.5. The Morgan fingerprint density at radius 3 is 2.81 bits per heavy atom. The summed E-state index contributed by atoms with van der Waals surface area (Å²) in [5, 5.41) is 13.4. The maximum Gasteiger partial charge on any atom is 0.164 e. The highest BCUT2D eigenvalue weighted by molar-refractivity contribution is 5.80. The van der Waals surface area contributed by atoms with Crippen LogP contribution in [-0.4, -0.2) is 18.3 Å². The molecule has 0 aliphatic heterocycles. The minimum Gasteiger partial charge on any atom is -0.380 e. The first-order valence-electron chi connectivity index (χ1n) is 6.48. The molecule has 0 atom stereocenters. The highest BCUT2D eigenvalue weighted by Gasteiger charge is 2.10. The van der Waals surface area contributed by atoms with E-state index in [1.54, 1.807) is 13.3 Å². The molecule has 2 aromatic rings. The summed E-state index contributed by atoms with van der Waals surface area (Å²) >= 11 is 0. The summed E-state index contributed by atoms with van der Waals surface area (Å²) < 4.78 is 5.11. The van der Waals surface area contributed by atoms with Gasteiger partial charge in [0, 0.05) is 18.4 Å². The molecule has 1 aromatic heterocycles. The number of nitrogens with one attached hydrogen (secondary N) is 1. The summed E-state index contributed by atoms with van der Waals surface area (Å²) in [4.78, 5) is 4.32. The van der Waals surface area contributed by atoms with Crippen LogP contribution >= 0.6 is 0 Å². The van der Waals surface area contributed by atoms with Gasteiger partial charge in [0.15, 0.2) is 5.82 Å². The Morgan fingerprint density at radius 2 is 2.14 bits per heavy atom. The predicted octanol–water partition coefficient (Wildman–Crippen LogP) is 2.85. The molecule has 0 radical (unpaired) electrons. The third kappa shape index (κ3) is 3.88. The quantitative estimate of drug-likeness (QED) is 0.675. The van der Waals surface area contributed by atoms with Gasteiger partial charge in [-0.15, -0.1) is 0 Å². The minimum absolute atomic E-state index is 0.364. The maximum absolute atomic E-state index is 9.30. The maximum atomic E-state index is 9.30. The summed E-state index contributed by atoms with van der Waals surface area (Å²) in [5.74, 6) is 0.441. The van der Waals surface area contributed by atoms with Crippen molar-refractivity contribution in [1.82, 2.24) is 4.98 Å². The van der Waals surface area contributed by atoms with Gasteiger partial charge in [0.05, 0.1) is 12.8 Å². The number of nitriles is 1. The molecule has 0 fully saturated rings. The van der Waals surface area contributed by atoms with Crippen LogP contribution in [0.1, 0.15) is 22.4 Å². The monoisotopic (exact) mass is 280 g/mol. The number of pyridine rings is 1. The van der Waals surface area contributed by atoms with Crippen molar-refractivity contribution in [2.24, 2.45) is 5.10 Å². The molecule has 21 heavy (non-hydrogen) atoms. The summed E-state index contributed by atoms with van der Waals surface area (Å²) in [7, 11) is 1.59. The van der Waals surface area contributed by atoms with Crippen molar-refractivity contribution < 1.29 is 4.74 Å². The van der Waals surface area contributed by atoms with E-state index in [-0.39, 0.29) is 0 Å². The lowest BCUT2D eigenvalue weighted by Gasteiger charge is -2.09. The molecular formula is C16H16N4O. The van der Waals surface area contributed by atoms with Crippen LogP contribution in [0.5, 0.6) is 0 Å². The zero-order valence-electron chi connectivity index (χ0n) is 12.0. The number of benzene rings is 1. The van der Waals surface area contributed by atoms with Crippen molar-refractivity contribution in [3.8, 4) is 6.07 Å².